The fourth-order valence-corrected chi connectivity index (χ4v) is 3.29. The van der Waals surface area contributed by atoms with Crippen LogP contribution in [0.4, 0.5) is 17.3 Å². The average Bonchev–Trinajstić information content (AvgIpc) is 3.00. The molecule has 0 aliphatic heterocycles. The van der Waals surface area contributed by atoms with Gasteiger partial charge in [0.05, 0.1) is 6.20 Å². The maximum Gasteiger partial charge on any atom is 0.149 e. The molecule has 4 heteroatoms. The molecule has 0 saturated heterocycles. The second-order valence-electron chi connectivity index (χ2n) is 6.67. The Kier molecular flexibility index (Phi) is 5.27. The molecule has 132 valence electrons. The minimum absolute atomic E-state index is 0.882. The summed E-state index contributed by atoms with van der Waals surface area (Å²) in [7, 11) is 0. The number of hydrogen-bond donors (Lipinski definition) is 1. The van der Waals surface area contributed by atoms with Gasteiger partial charge in [0, 0.05) is 18.8 Å². The number of benzene rings is 1. The maximum atomic E-state index is 4.76. The van der Waals surface area contributed by atoms with E-state index in [0.29, 0.717) is 0 Å². The Morgan fingerprint density at radius 1 is 1.04 bits per heavy atom. The summed E-state index contributed by atoms with van der Waals surface area (Å²) in [6.45, 7) is 10.8. The van der Waals surface area contributed by atoms with E-state index in [9.17, 15) is 0 Å². The van der Waals surface area contributed by atoms with Crippen LogP contribution in [-0.2, 0) is 0 Å². The number of rotatable bonds is 7. The maximum absolute atomic E-state index is 4.76. The highest BCUT2D eigenvalue weighted by Gasteiger charge is 2.11. The molecule has 0 spiro atoms. The SMILES string of the molecule is CCCN(CCC)c1cccc2nc(Nc3ccc(C)cc3C)cn12. The van der Waals surface area contributed by atoms with Gasteiger partial charge < -0.3 is 10.2 Å². The van der Waals surface area contributed by atoms with Gasteiger partial charge in [-0.05, 0) is 50.5 Å². The monoisotopic (exact) mass is 336 g/mol. The van der Waals surface area contributed by atoms with Gasteiger partial charge in [-0.25, -0.2) is 4.98 Å². The quantitative estimate of drug-likeness (QED) is 0.633. The lowest BCUT2D eigenvalue weighted by molar-refractivity contribution is 0.729. The molecule has 2 aromatic heterocycles. The van der Waals surface area contributed by atoms with Gasteiger partial charge in [0.25, 0.3) is 0 Å². The molecule has 0 saturated carbocycles. The number of nitrogens with zero attached hydrogens (tertiary/aromatic N) is 3. The smallest absolute Gasteiger partial charge is 0.149 e. The molecule has 0 aliphatic rings. The summed E-state index contributed by atoms with van der Waals surface area (Å²) in [5.74, 6) is 2.09. The lowest BCUT2D eigenvalue weighted by Gasteiger charge is -2.24. The predicted molar refractivity (Wildman–Crippen MR) is 107 cm³/mol. The molecule has 0 amide bonds. The van der Waals surface area contributed by atoms with Gasteiger partial charge in [0.1, 0.15) is 17.3 Å². The lowest BCUT2D eigenvalue weighted by atomic mass is 10.1. The minimum atomic E-state index is 0.882. The number of hydrogen-bond acceptors (Lipinski definition) is 3. The highest BCUT2D eigenvalue weighted by Crippen LogP contribution is 2.24. The second kappa shape index (κ2) is 7.60. The minimum Gasteiger partial charge on any atom is -0.358 e. The Morgan fingerprint density at radius 3 is 2.48 bits per heavy atom. The number of pyridine rings is 1. The molecule has 2 heterocycles. The van der Waals surface area contributed by atoms with Crippen molar-refractivity contribution < 1.29 is 0 Å². The van der Waals surface area contributed by atoms with Crippen LogP contribution in [0.15, 0.2) is 42.6 Å². The van der Waals surface area contributed by atoms with Crippen LogP contribution in [0.5, 0.6) is 0 Å². The molecule has 0 atom stereocenters. The molecule has 0 unspecified atom stereocenters. The zero-order valence-electron chi connectivity index (χ0n) is 15.7. The molecule has 4 nitrogen and oxygen atoms in total. The fourth-order valence-electron chi connectivity index (χ4n) is 3.29. The summed E-state index contributed by atoms with van der Waals surface area (Å²) in [4.78, 5) is 7.20. The van der Waals surface area contributed by atoms with Crippen LogP contribution >= 0.6 is 0 Å². The molecule has 3 aromatic rings. The van der Waals surface area contributed by atoms with Crippen LogP contribution < -0.4 is 10.2 Å². The van der Waals surface area contributed by atoms with Crippen molar-refractivity contribution >= 4 is 23.0 Å². The third kappa shape index (κ3) is 3.78. The topological polar surface area (TPSA) is 32.6 Å². The summed E-state index contributed by atoms with van der Waals surface area (Å²) in [5.41, 5.74) is 4.59. The normalized spacial score (nSPS) is 11.0. The van der Waals surface area contributed by atoms with Crippen molar-refractivity contribution in [2.45, 2.75) is 40.5 Å². The summed E-state index contributed by atoms with van der Waals surface area (Å²) < 4.78 is 2.19. The van der Waals surface area contributed by atoms with E-state index in [1.165, 1.54) is 16.9 Å². The van der Waals surface area contributed by atoms with Gasteiger partial charge in [-0.3, -0.25) is 4.40 Å². The van der Waals surface area contributed by atoms with Crippen molar-refractivity contribution in [2.24, 2.45) is 0 Å². The van der Waals surface area contributed by atoms with Crippen LogP contribution in [-0.4, -0.2) is 22.5 Å². The second-order valence-corrected chi connectivity index (χ2v) is 6.67. The standard InChI is InChI=1S/C21H28N4/c1-5-12-24(13-6-2)21-9-7-8-20-23-19(15-25(20)21)22-18-11-10-16(3)14-17(18)4/h7-11,14-15,22H,5-6,12-13H2,1-4H3. The van der Waals surface area contributed by atoms with Crippen LogP contribution in [0.1, 0.15) is 37.8 Å². The molecule has 1 aromatic carbocycles. The zero-order chi connectivity index (χ0) is 17.8. The Balaban J connectivity index is 1.95. The highest BCUT2D eigenvalue weighted by atomic mass is 15.2. The molecule has 0 radical (unpaired) electrons. The molecule has 1 N–H and O–H groups in total. The summed E-state index contributed by atoms with van der Waals surface area (Å²) in [6.07, 6.45) is 4.37. The van der Waals surface area contributed by atoms with Crippen molar-refractivity contribution in [1.29, 1.82) is 0 Å². The molecule has 0 fully saturated rings. The van der Waals surface area contributed by atoms with Crippen molar-refractivity contribution in [2.75, 3.05) is 23.3 Å². The number of nitrogens with one attached hydrogen (secondary N) is 1. The largest absolute Gasteiger partial charge is 0.358 e. The number of anilines is 3. The fraction of sp³-hybridized carbons (Fsp3) is 0.381. The Labute approximate surface area is 150 Å². The number of aryl methyl sites for hydroxylation is 2. The highest BCUT2D eigenvalue weighted by molar-refractivity contribution is 5.64. The van der Waals surface area contributed by atoms with Crippen molar-refractivity contribution in [1.82, 2.24) is 9.38 Å². The zero-order valence-corrected chi connectivity index (χ0v) is 15.7. The van der Waals surface area contributed by atoms with E-state index in [1.807, 2.05) is 0 Å². The van der Waals surface area contributed by atoms with E-state index in [-0.39, 0.29) is 0 Å². The predicted octanol–water partition coefficient (Wildman–Crippen LogP) is 5.32. The number of fused-ring (bicyclic) bond motifs is 1. The lowest BCUT2D eigenvalue weighted by Crippen LogP contribution is -2.26. The molecule has 25 heavy (non-hydrogen) atoms. The van der Waals surface area contributed by atoms with E-state index >= 15 is 0 Å². The molecular formula is C21H28N4. The average molecular weight is 336 g/mol. The van der Waals surface area contributed by atoms with Gasteiger partial charge >= 0.3 is 0 Å². The summed E-state index contributed by atoms with van der Waals surface area (Å²) in [6, 6.07) is 12.8. The van der Waals surface area contributed by atoms with Gasteiger partial charge in [-0.2, -0.15) is 0 Å². The first kappa shape index (κ1) is 17.3. The van der Waals surface area contributed by atoms with Gasteiger partial charge in [0.15, 0.2) is 0 Å². The van der Waals surface area contributed by atoms with Gasteiger partial charge in [0.2, 0.25) is 0 Å². The molecular weight excluding hydrogens is 308 g/mol. The third-order valence-electron chi connectivity index (χ3n) is 4.43. The first-order valence-electron chi connectivity index (χ1n) is 9.19. The Morgan fingerprint density at radius 2 is 1.80 bits per heavy atom. The van der Waals surface area contributed by atoms with Gasteiger partial charge in [-0.1, -0.05) is 37.6 Å². The first-order valence-corrected chi connectivity index (χ1v) is 9.19. The van der Waals surface area contributed by atoms with Crippen LogP contribution in [0, 0.1) is 13.8 Å². The summed E-state index contributed by atoms with van der Waals surface area (Å²) >= 11 is 0. The van der Waals surface area contributed by atoms with Crippen LogP contribution in [0.3, 0.4) is 0 Å². The number of aromatic nitrogens is 2. The van der Waals surface area contributed by atoms with Crippen molar-refractivity contribution in [3.05, 3.63) is 53.7 Å². The van der Waals surface area contributed by atoms with E-state index in [2.05, 4.69) is 84.9 Å². The Bertz CT molecular complexity index is 844. The first-order chi connectivity index (χ1) is 12.1. The molecule has 0 aliphatic carbocycles. The van der Waals surface area contributed by atoms with E-state index < -0.39 is 0 Å². The van der Waals surface area contributed by atoms with E-state index in [4.69, 9.17) is 4.98 Å². The van der Waals surface area contributed by atoms with Crippen molar-refractivity contribution in [3.8, 4) is 0 Å². The Hall–Kier alpha value is -2.49. The summed E-state index contributed by atoms with van der Waals surface area (Å²) in [5, 5.41) is 3.47. The number of imidazole rings is 1. The molecule has 3 rings (SSSR count). The van der Waals surface area contributed by atoms with Crippen LogP contribution in [0.25, 0.3) is 5.65 Å². The van der Waals surface area contributed by atoms with E-state index in [0.717, 1.165) is 43.1 Å². The molecule has 0 bridgehead atoms. The van der Waals surface area contributed by atoms with E-state index in [1.54, 1.807) is 0 Å². The third-order valence-corrected chi connectivity index (χ3v) is 4.43. The van der Waals surface area contributed by atoms with Crippen molar-refractivity contribution in [3.63, 3.8) is 0 Å². The van der Waals surface area contributed by atoms with Crippen LogP contribution in [0.2, 0.25) is 0 Å². The van der Waals surface area contributed by atoms with Gasteiger partial charge in [-0.15, -0.1) is 0 Å².